The fraction of sp³-hybridized carbons (Fsp3) is 0.211. The third kappa shape index (κ3) is 4.55. The van der Waals surface area contributed by atoms with Crippen molar-refractivity contribution >= 4 is 29.2 Å². The standard InChI is InChI=1S/C19H18N2O6/c1-11(18(23)21-15-6-7-16-17(9-15)26-10-25-16)27-19(24)13-4-3-5-14(8-13)20-12(2)22/h3-9,11H,10H2,1-2H3,(H,20,22)(H,21,23)/t11-/m0/s1. The summed E-state index contributed by atoms with van der Waals surface area (Å²) in [7, 11) is 0. The summed E-state index contributed by atoms with van der Waals surface area (Å²) in [5.74, 6) is -0.272. The Balaban J connectivity index is 1.60. The Labute approximate surface area is 155 Å². The smallest absolute Gasteiger partial charge is 0.338 e. The zero-order chi connectivity index (χ0) is 19.4. The van der Waals surface area contributed by atoms with Gasteiger partial charge in [-0.05, 0) is 37.3 Å². The van der Waals surface area contributed by atoms with Crippen LogP contribution in [-0.4, -0.2) is 30.7 Å². The lowest BCUT2D eigenvalue weighted by Crippen LogP contribution is -2.30. The van der Waals surface area contributed by atoms with Gasteiger partial charge in [0.1, 0.15) is 0 Å². The molecule has 0 aliphatic carbocycles. The Morgan fingerprint density at radius 2 is 1.74 bits per heavy atom. The van der Waals surface area contributed by atoms with Crippen LogP contribution in [0.25, 0.3) is 0 Å². The lowest BCUT2D eigenvalue weighted by atomic mass is 10.2. The van der Waals surface area contributed by atoms with Crippen LogP contribution in [0.1, 0.15) is 24.2 Å². The van der Waals surface area contributed by atoms with Gasteiger partial charge in [-0.25, -0.2) is 4.79 Å². The summed E-state index contributed by atoms with van der Waals surface area (Å²) >= 11 is 0. The first-order valence-electron chi connectivity index (χ1n) is 8.21. The summed E-state index contributed by atoms with van der Waals surface area (Å²) in [6.45, 7) is 2.98. The second-order valence-corrected chi connectivity index (χ2v) is 5.87. The van der Waals surface area contributed by atoms with Gasteiger partial charge in [-0.3, -0.25) is 9.59 Å². The van der Waals surface area contributed by atoms with Crippen molar-refractivity contribution in [1.82, 2.24) is 0 Å². The highest BCUT2D eigenvalue weighted by Crippen LogP contribution is 2.34. The maximum absolute atomic E-state index is 12.3. The molecule has 0 fully saturated rings. The highest BCUT2D eigenvalue weighted by atomic mass is 16.7. The molecule has 1 aliphatic rings. The van der Waals surface area contributed by atoms with E-state index >= 15 is 0 Å². The van der Waals surface area contributed by atoms with Crippen molar-refractivity contribution in [3.8, 4) is 11.5 Å². The van der Waals surface area contributed by atoms with Crippen LogP contribution in [0.15, 0.2) is 42.5 Å². The van der Waals surface area contributed by atoms with E-state index in [9.17, 15) is 14.4 Å². The maximum atomic E-state index is 12.3. The van der Waals surface area contributed by atoms with Crippen molar-refractivity contribution in [3.05, 3.63) is 48.0 Å². The Kier molecular flexibility index (Phi) is 5.25. The molecule has 1 atom stereocenters. The van der Waals surface area contributed by atoms with Crippen LogP contribution >= 0.6 is 0 Å². The Morgan fingerprint density at radius 1 is 1.00 bits per heavy atom. The maximum Gasteiger partial charge on any atom is 0.338 e. The largest absolute Gasteiger partial charge is 0.454 e. The third-order valence-electron chi connectivity index (χ3n) is 3.71. The summed E-state index contributed by atoms with van der Waals surface area (Å²) in [6, 6.07) is 11.3. The van der Waals surface area contributed by atoms with Crippen LogP contribution in [0.3, 0.4) is 0 Å². The van der Waals surface area contributed by atoms with Gasteiger partial charge in [-0.1, -0.05) is 6.07 Å². The van der Waals surface area contributed by atoms with Crippen LogP contribution in [-0.2, 0) is 14.3 Å². The average molecular weight is 370 g/mol. The molecular formula is C19H18N2O6. The van der Waals surface area contributed by atoms with Crippen LogP contribution in [0.5, 0.6) is 11.5 Å². The Morgan fingerprint density at radius 3 is 2.52 bits per heavy atom. The van der Waals surface area contributed by atoms with Gasteiger partial charge in [0.15, 0.2) is 17.6 Å². The monoisotopic (exact) mass is 370 g/mol. The van der Waals surface area contributed by atoms with Crippen molar-refractivity contribution in [2.24, 2.45) is 0 Å². The second kappa shape index (κ2) is 7.77. The van der Waals surface area contributed by atoms with Crippen molar-refractivity contribution < 1.29 is 28.6 Å². The predicted molar refractivity (Wildman–Crippen MR) is 96.8 cm³/mol. The molecule has 0 saturated carbocycles. The molecule has 0 unspecified atom stereocenters. The number of esters is 1. The van der Waals surface area contributed by atoms with Gasteiger partial charge < -0.3 is 24.8 Å². The number of fused-ring (bicyclic) bond motifs is 1. The van der Waals surface area contributed by atoms with Gasteiger partial charge in [0, 0.05) is 24.4 Å². The minimum atomic E-state index is -1.02. The van der Waals surface area contributed by atoms with E-state index in [1.807, 2.05) is 0 Å². The minimum absolute atomic E-state index is 0.137. The third-order valence-corrected chi connectivity index (χ3v) is 3.71. The van der Waals surface area contributed by atoms with E-state index in [0.717, 1.165) is 0 Å². The minimum Gasteiger partial charge on any atom is -0.454 e. The lowest BCUT2D eigenvalue weighted by molar-refractivity contribution is -0.123. The van der Waals surface area contributed by atoms with Crippen LogP contribution in [0.4, 0.5) is 11.4 Å². The molecule has 2 N–H and O–H groups in total. The zero-order valence-electron chi connectivity index (χ0n) is 14.8. The molecular weight excluding hydrogens is 352 g/mol. The van der Waals surface area contributed by atoms with Gasteiger partial charge in [0.05, 0.1) is 5.56 Å². The first kappa shape index (κ1) is 18.2. The molecule has 8 nitrogen and oxygen atoms in total. The van der Waals surface area contributed by atoms with E-state index in [-0.39, 0.29) is 18.3 Å². The molecule has 2 aromatic carbocycles. The summed E-state index contributed by atoms with van der Waals surface area (Å²) < 4.78 is 15.7. The molecule has 2 amide bonds. The Bertz CT molecular complexity index is 896. The molecule has 0 bridgehead atoms. The number of ether oxygens (including phenoxy) is 3. The number of nitrogens with one attached hydrogen (secondary N) is 2. The molecule has 0 radical (unpaired) electrons. The normalized spacial score (nSPS) is 12.8. The van der Waals surface area contributed by atoms with Crippen molar-refractivity contribution in [2.45, 2.75) is 20.0 Å². The van der Waals surface area contributed by atoms with E-state index in [1.54, 1.807) is 30.3 Å². The summed E-state index contributed by atoms with van der Waals surface area (Å²) in [5, 5.41) is 5.24. The van der Waals surface area contributed by atoms with Gasteiger partial charge in [-0.2, -0.15) is 0 Å². The van der Waals surface area contributed by atoms with E-state index in [2.05, 4.69) is 10.6 Å². The number of amides is 2. The molecule has 1 aliphatic heterocycles. The summed E-state index contributed by atoms with van der Waals surface area (Å²) in [4.78, 5) is 35.6. The number of hydrogen-bond acceptors (Lipinski definition) is 6. The SMILES string of the molecule is CC(=O)Nc1cccc(C(=O)O[C@@H](C)C(=O)Nc2ccc3c(c2)OCO3)c1. The van der Waals surface area contributed by atoms with Gasteiger partial charge in [0.25, 0.3) is 5.91 Å². The quantitative estimate of drug-likeness (QED) is 0.784. The van der Waals surface area contributed by atoms with E-state index < -0.39 is 18.0 Å². The fourth-order valence-corrected chi connectivity index (χ4v) is 2.43. The lowest BCUT2D eigenvalue weighted by Gasteiger charge is -2.14. The van der Waals surface area contributed by atoms with Gasteiger partial charge in [0.2, 0.25) is 12.7 Å². The molecule has 0 aromatic heterocycles. The highest BCUT2D eigenvalue weighted by molar-refractivity contribution is 5.98. The summed E-state index contributed by atoms with van der Waals surface area (Å²) in [6.07, 6.45) is -1.02. The van der Waals surface area contributed by atoms with Crippen molar-refractivity contribution in [3.63, 3.8) is 0 Å². The molecule has 0 spiro atoms. The van der Waals surface area contributed by atoms with Crippen molar-refractivity contribution in [2.75, 3.05) is 17.4 Å². The second-order valence-electron chi connectivity index (χ2n) is 5.87. The van der Waals surface area contributed by atoms with Crippen LogP contribution < -0.4 is 20.1 Å². The molecule has 2 aromatic rings. The molecule has 3 rings (SSSR count). The first-order chi connectivity index (χ1) is 12.9. The highest BCUT2D eigenvalue weighted by Gasteiger charge is 2.21. The van der Waals surface area contributed by atoms with Gasteiger partial charge >= 0.3 is 5.97 Å². The molecule has 1 heterocycles. The molecule has 0 saturated heterocycles. The summed E-state index contributed by atoms with van der Waals surface area (Å²) in [5.41, 5.74) is 1.19. The van der Waals surface area contributed by atoms with E-state index in [4.69, 9.17) is 14.2 Å². The van der Waals surface area contributed by atoms with Crippen molar-refractivity contribution in [1.29, 1.82) is 0 Å². The number of anilines is 2. The van der Waals surface area contributed by atoms with Crippen LogP contribution in [0.2, 0.25) is 0 Å². The number of carbonyl (C=O) groups is 3. The zero-order valence-corrected chi connectivity index (χ0v) is 14.8. The predicted octanol–water partition coefficient (Wildman–Crippen LogP) is 2.56. The topological polar surface area (TPSA) is 103 Å². The average Bonchev–Trinajstić information content (AvgIpc) is 3.09. The Hall–Kier alpha value is -3.55. The number of benzene rings is 2. The van der Waals surface area contributed by atoms with E-state index in [1.165, 1.54) is 26.0 Å². The first-order valence-corrected chi connectivity index (χ1v) is 8.21. The number of carbonyl (C=O) groups excluding carboxylic acids is 3. The molecule has 140 valence electrons. The number of hydrogen-bond donors (Lipinski definition) is 2. The van der Waals surface area contributed by atoms with Gasteiger partial charge in [-0.15, -0.1) is 0 Å². The number of rotatable bonds is 5. The molecule has 8 heteroatoms. The molecule has 27 heavy (non-hydrogen) atoms. The van der Waals surface area contributed by atoms with Crippen LogP contribution in [0, 0.1) is 0 Å². The van der Waals surface area contributed by atoms with E-state index in [0.29, 0.717) is 22.9 Å². The fourth-order valence-electron chi connectivity index (χ4n) is 2.43.